The van der Waals surface area contributed by atoms with Crippen molar-refractivity contribution in [2.75, 3.05) is 59.7 Å². The number of hydrogen-bond acceptors (Lipinski definition) is 6. The van der Waals surface area contributed by atoms with Gasteiger partial charge in [-0.15, -0.1) is 0 Å². The van der Waals surface area contributed by atoms with E-state index < -0.39 is 0 Å². The fraction of sp³-hybridized carbons (Fsp3) is 0.643. The molecule has 7 nitrogen and oxygen atoms in total. The van der Waals surface area contributed by atoms with E-state index in [0.29, 0.717) is 18.1 Å². The quantitative estimate of drug-likeness (QED) is 0.631. The summed E-state index contributed by atoms with van der Waals surface area (Å²) in [6, 6.07) is 0. The molecular weight excluding hydrogens is 268 g/mol. The first-order chi connectivity index (χ1) is 9.99. The summed E-state index contributed by atoms with van der Waals surface area (Å²) in [4.78, 5) is 24.3. The first-order valence-corrected chi connectivity index (χ1v) is 7.12. The molecule has 0 radical (unpaired) electrons. The van der Waals surface area contributed by atoms with Crippen LogP contribution >= 0.6 is 0 Å². The summed E-state index contributed by atoms with van der Waals surface area (Å²) in [5.41, 5.74) is 0.345. The molecule has 1 aromatic heterocycles. The molecule has 21 heavy (non-hydrogen) atoms. The maximum absolute atomic E-state index is 11.8. The zero-order valence-corrected chi connectivity index (χ0v) is 13.4. The monoisotopic (exact) mass is 294 g/mol. The van der Waals surface area contributed by atoms with Crippen LogP contribution in [0.2, 0.25) is 0 Å². The Bertz CT molecular complexity index is 418. The summed E-state index contributed by atoms with van der Waals surface area (Å²) in [5.74, 6) is 0.502. The van der Waals surface area contributed by atoms with Crippen molar-refractivity contribution in [1.82, 2.24) is 25.1 Å². The standard InChI is InChI=1S/C14H26N6O/c1-19(2)8-5-6-16-14(21)12-10-18-13(11-17-12)15-7-9-20(3)4/h10-11H,5-9H2,1-4H3,(H,15,18)(H,16,21). The number of hydrogen-bond donors (Lipinski definition) is 2. The molecule has 1 amide bonds. The van der Waals surface area contributed by atoms with Crippen LogP contribution in [0.15, 0.2) is 12.4 Å². The van der Waals surface area contributed by atoms with Crippen LogP contribution in [0.25, 0.3) is 0 Å². The van der Waals surface area contributed by atoms with Gasteiger partial charge in [-0.05, 0) is 41.2 Å². The van der Waals surface area contributed by atoms with E-state index in [1.165, 1.54) is 6.20 Å². The smallest absolute Gasteiger partial charge is 0.271 e. The summed E-state index contributed by atoms with van der Waals surface area (Å²) in [6.07, 6.45) is 4.00. The van der Waals surface area contributed by atoms with Crippen LogP contribution in [0.3, 0.4) is 0 Å². The largest absolute Gasteiger partial charge is 0.368 e. The van der Waals surface area contributed by atoms with Crippen molar-refractivity contribution in [3.8, 4) is 0 Å². The molecule has 1 heterocycles. The van der Waals surface area contributed by atoms with Gasteiger partial charge in [-0.25, -0.2) is 9.97 Å². The maximum Gasteiger partial charge on any atom is 0.271 e. The molecule has 0 unspecified atom stereocenters. The second kappa shape index (κ2) is 9.25. The average Bonchev–Trinajstić information content (AvgIpc) is 2.43. The number of amides is 1. The SMILES string of the molecule is CN(C)CCCNC(=O)c1cnc(NCCN(C)C)cn1. The molecule has 1 aromatic rings. The lowest BCUT2D eigenvalue weighted by molar-refractivity contribution is 0.0947. The highest BCUT2D eigenvalue weighted by Gasteiger charge is 2.07. The molecule has 1 rings (SSSR count). The molecule has 0 spiro atoms. The van der Waals surface area contributed by atoms with Crippen molar-refractivity contribution in [3.05, 3.63) is 18.1 Å². The number of carbonyl (C=O) groups is 1. The van der Waals surface area contributed by atoms with Crippen LogP contribution in [-0.2, 0) is 0 Å². The highest BCUT2D eigenvalue weighted by atomic mass is 16.1. The highest BCUT2D eigenvalue weighted by molar-refractivity contribution is 5.91. The van der Waals surface area contributed by atoms with Crippen molar-refractivity contribution in [3.63, 3.8) is 0 Å². The van der Waals surface area contributed by atoms with Crippen LogP contribution in [-0.4, -0.2) is 80.0 Å². The molecule has 7 heteroatoms. The van der Waals surface area contributed by atoms with E-state index >= 15 is 0 Å². The number of likely N-dealkylation sites (N-methyl/N-ethyl adjacent to an activating group) is 1. The molecule has 2 N–H and O–H groups in total. The minimum atomic E-state index is -0.180. The van der Waals surface area contributed by atoms with E-state index in [4.69, 9.17) is 0 Å². The van der Waals surface area contributed by atoms with Gasteiger partial charge in [0.05, 0.1) is 12.4 Å². The van der Waals surface area contributed by atoms with Gasteiger partial charge in [0.1, 0.15) is 11.5 Å². The Balaban J connectivity index is 2.33. The van der Waals surface area contributed by atoms with Crippen LogP contribution in [0.1, 0.15) is 16.9 Å². The van der Waals surface area contributed by atoms with Crippen LogP contribution in [0.5, 0.6) is 0 Å². The Morgan fingerprint density at radius 3 is 2.33 bits per heavy atom. The lowest BCUT2D eigenvalue weighted by Gasteiger charge is -2.11. The number of nitrogens with one attached hydrogen (secondary N) is 2. The zero-order valence-electron chi connectivity index (χ0n) is 13.4. The highest BCUT2D eigenvalue weighted by Crippen LogP contribution is 2.00. The third-order valence-electron chi connectivity index (χ3n) is 2.82. The first kappa shape index (κ1) is 17.3. The normalized spacial score (nSPS) is 11.0. The molecular formula is C14H26N6O. The Labute approximate surface area is 126 Å². The van der Waals surface area contributed by atoms with Crippen molar-refractivity contribution < 1.29 is 4.79 Å². The lowest BCUT2D eigenvalue weighted by Crippen LogP contribution is -2.28. The Kier molecular flexibility index (Phi) is 7.63. The molecule has 0 saturated carbocycles. The molecule has 0 saturated heterocycles. The lowest BCUT2D eigenvalue weighted by atomic mass is 10.3. The first-order valence-electron chi connectivity index (χ1n) is 7.12. The predicted octanol–water partition coefficient (Wildman–Crippen LogP) is 0.132. The van der Waals surface area contributed by atoms with Crippen LogP contribution in [0.4, 0.5) is 5.82 Å². The second-order valence-electron chi connectivity index (χ2n) is 5.43. The Morgan fingerprint density at radius 1 is 1.05 bits per heavy atom. The van der Waals surface area contributed by atoms with Gasteiger partial charge in [-0.2, -0.15) is 0 Å². The van der Waals surface area contributed by atoms with Gasteiger partial charge in [0, 0.05) is 19.6 Å². The number of nitrogens with zero attached hydrogens (tertiary/aromatic N) is 4. The zero-order chi connectivity index (χ0) is 15.7. The van der Waals surface area contributed by atoms with Crippen LogP contribution < -0.4 is 10.6 Å². The topological polar surface area (TPSA) is 73.4 Å². The molecule has 0 aliphatic carbocycles. The van der Waals surface area contributed by atoms with Gasteiger partial charge in [-0.1, -0.05) is 0 Å². The van der Waals surface area contributed by atoms with Gasteiger partial charge < -0.3 is 20.4 Å². The van der Waals surface area contributed by atoms with Gasteiger partial charge >= 0.3 is 0 Å². The Hall–Kier alpha value is -1.73. The van der Waals surface area contributed by atoms with E-state index in [1.54, 1.807) is 6.20 Å². The maximum atomic E-state index is 11.8. The summed E-state index contributed by atoms with van der Waals surface area (Å²) >= 11 is 0. The number of rotatable bonds is 9. The Morgan fingerprint density at radius 2 is 1.76 bits per heavy atom. The van der Waals surface area contributed by atoms with E-state index in [0.717, 1.165) is 26.1 Å². The van der Waals surface area contributed by atoms with Crippen molar-refractivity contribution in [2.24, 2.45) is 0 Å². The molecule has 0 aliphatic heterocycles. The molecule has 118 valence electrons. The number of anilines is 1. The predicted molar refractivity (Wildman–Crippen MR) is 84.6 cm³/mol. The van der Waals surface area contributed by atoms with Crippen molar-refractivity contribution in [2.45, 2.75) is 6.42 Å². The summed E-state index contributed by atoms with van der Waals surface area (Å²) < 4.78 is 0. The minimum absolute atomic E-state index is 0.180. The molecule has 0 atom stereocenters. The minimum Gasteiger partial charge on any atom is -0.368 e. The molecule has 0 aromatic carbocycles. The average molecular weight is 294 g/mol. The molecule has 0 fully saturated rings. The van der Waals surface area contributed by atoms with E-state index in [9.17, 15) is 4.79 Å². The van der Waals surface area contributed by atoms with Gasteiger partial charge in [-0.3, -0.25) is 4.79 Å². The van der Waals surface area contributed by atoms with Gasteiger partial charge in [0.2, 0.25) is 0 Å². The number of carbonyl (C=O) groups excluding carboxylic acids is 1. The number of aromatic nitrogens is 2. The summed E-state index contributed by atoms with van der Waals surface area (Å²) in [6.45, 7) is 3.29. The fourth-order valence-electron chi connectivity index (χ4n) is 1.63. The summed E-state index contributed by atoms with van der Waals surface area (Å²) in [5, 5.41) is 5.99. The molecule has 0 aliphatic rings. The van der Waals surface area contributed by atoms with Crippen LogP contribution in [0, 0.1) is 0 Å². The second-order valence-corrected chi connectivity index (χ2v) is 5.43. The fourth-order valence-corrected chi connectivity index (χ4v) is 1.63. The van der Waals surface area contributed by atoms with E-state index in [2.05, 4.69) is 30.4 Å². The third-order valence-corrected chi connectivity index (χ3v) is 2.82. The summed E-state index contributed by atoms with van der Waals surface area (Å²) in [7, 11) is 8.04. The van der Waals surface area contributed by atoms with Crippen molar-refractivity contribution in [1.29, 1.82) is 0 Å². The van der Waals surface area contributed by atoms with E-state index in [1.807, 2.05) is 28.2 Å². The van der Waals surface area contributed by atoms with Gasteiger partial charge in [0.25, 0.3) is 5.91 Å². The van der Waals surface area contributed by atoms with Gasteiger partial charge in [0.15, 0.2) is 0 Å². The van der Waals surface area contributed by atoms with E-state index in [-0.39, 0.29) is 5.91 Å². The molecule has 0 bridgehead atoms. The third kappa shape index (κ3) is 7.57. The van der Waals surface area contributed by atoms with Crippen molar-refractivity contribution >= 4 is 11.7 Å².